The number of anilines is 2. The van der Waals surface area contributed by atoms with Gasteiger partial charge in [0.25, 0.3) is 0 Å². The summed E-state index contributed by atoms with van der Waals surface area (Å²) in [6.07, 6.45) is 5.57. The summed E-state index contributed by atoms with van der Waals surface area (Å²) in [4.78, 5) is 26.1. The van der Waals surface area contributed by atoms with Crippen molar-refractivity contribution >= 4 is 23.2 Å². The van der Waals surface area contributed by atoms with Gasteiger partial charge in [0.1, 0.15) is 0 Å². The van der Waals surface area contributed by atoms with Crippen LogP contribution >= 0.6 is 0 Å². The second-order valence-corrected chi connectivity index (χ2v) is 6.89. The lowest BCUT2D eigenvalue weighted by Crippen LogP contribution is -2.36. The van der Waals surface area contributed by atoms with Crippen LogP contribution in [0.3, 0.4) is 0 Å². The van der Waals surface area contributed by atoms with Gasteiger partial charge in [-0.1, -0.05) is 30.3 Å². The first-order valence-electron chi connectivity index (χ1n) is 9.70. The van der Waals surface area contributed by atoms with Crippen molar-refractivity contribution < 1.29 is 9.59 Å². The van der Waals surface area contributed by atoms with E-state index in [1.54, 1.807) is 12.1 Å². The third-order valence-corrected chi connectivity index (χ3v) is 4.82. The molecule has 0 bridgehead atoms. The van der Waals surface area contributed by atoms with E-state index in [1.807, 2.05) is 18.2 Å². The summed E-state index contributed by atoms with van der Waals surface area (Å²) in [7, 11) is 0. The third kappa shape index (κ3) is 5.84. The van der Waals surface area contributed by atoms with Gasteiger partial charge in [-0.05, 0) is 61.9 Å². The third-order valence-electron chi connectivity index (χ3n) is 4.82. The predicted octanol–water partition coefficient (Wildman–Crippen LogP) is 3.36. The zero-order chi connectivity index (χ0) is 18.9. The number of nitrogens with zero attached hydrogens (tertiary/aromatic N) is 1. The first-order valence-corrected chi connectivity index (χ1v) is 9.70. The van der Waals surface area contributed by atoms with Crippen molar-refractivity contribution in [2.75, 3.05) is 29.9 Å². The fraction of sp³-hybridized carbons (Fsp3) is 0.364. The predicted molar refractivity (Wildman–Crippen MR) is 109 cm³/mol. The van der Waals surface area contributed by atoms with Crippen LogP contribution in [0.25, 0.3) is 0 Å². The highest BCUT2D eigenvalue weighted by Crippen LogP contribution is 2.20. The van der Waals surface area contributed by atoms with Gasteiger partial charge in [0.05, 0.1) is 0 Å². The Bertz CT molecular complexity index is 738. The molecule has 0 radical (unpaired) electrons. The maximum Gasteiger partial charge on any atom is 0.313 e. The zero-order valence-corrected chi connectivity index (χ0v) is 15.6. The van der Waals surface area contributed by atoms with Gasteiger partial charge >= 0.3 is 11.8 Å². The van der Waals surface area contributed by atoms with E-state index in [0.29, 0.717) is 12.2 Å². The first-order chi connectivity index (χ1) is 13.2. The Hall–Kier alpha value is -2.82. The maximum absolute atomic E-state index is 11.8. The Morgan fingerprint density at radius 1 is 0.852 bits per heavy atom. The lowest BCUT2D eigenvalue weighted by Gasteiger charge is -2.28. The van der Waals surface area contributed by atoms with E-state index in [4.69, 9.17) is 0 Å². The fourth-order valence-corrected chi connectivity index (χ4v) is 3.31. The summed E-state index contributed by atoms with van der Waals surface area (Å²) in [5.74, 6) is -1.23. The van der Waals surface area contributed by atoms with Crippen LogP contribution in [-0.2, 0) is 16.0 Å². The SMILES string of the molecule is O=C(NCCCc1ccc(N2CCCCC2)cc1)C(=O)Nc1ccccc1. The zero-order valence-electron chi connectivity index (χ0n) is 15.6. The average molecular weight is 365 g/mol. The number of rotatable bonds is 6. The first kappa shape index (κ1) is 19.0. The van der Waals surface area contributed by atoms with Crippen molar-refractivity contribution in [1.29, 1.82) is 0 Å². The number of nitrogens with one attached hydrogen (secondary N) is 2. The van der Waals surface area contributed by atoms with E-state index in [1.165, 1.54) is 30.5 Å². The number of carbonyl (C=O) groups excluding carboxylic acids is 2. The number of piperidine rings is 1. The normalized spacial score (nSPS) is 13.9. The lowest BCUT2D eigenvalue weighted by molar-refractivity contribution is -0.136. The van der Waals surface area contributed by atoms with E-state index in [2.05, 4.69) is 39.8 Å². The molecule has 0 aliphatic carbocycles. The van der Waals surface area contributed by atoms with Crippen molar-refractivity contribution in [3.05, 3.63) is 60.2 Å². The summed E-state index contributed by atoms with van der Waals surface area (Å²) in [5.41, 5.74) is 3.16. The quantitative estimate of drug-likeness (QED) is 0.609. The second kappa shape index (κ2) is 9.76. The van der Waals surface area contributed by atoms with Crippen LogP contribution in [0.5, 0.6) is 0 Å². The Labute approximate surface area is 160 Å². The van der Waals surface area contributed by atoms with Gasteiger partial charge in [0, 0.05) is 31.0 Å². The lowest BCUT2D eigenvalue weighted by atomic mass is 10.1. The standard InChI is InChI=1S/C22H27N3O2/c26-21(22(27)24-19-9-3-1-4-10-19)23-15-7-8-18-11-13-20(14-12-18)25-16-5-2-6-17-25/h1,3-4,9-14H,2,5-8,15-17H2,(H,23,26)(H,24,27). The van der Waals surface area contributed by atoms with Crippen molar-refractivity contribution in [2.45, 2.75) is 32.1 Å². The smallest absolute Gasteiger partial charge is 0.313 e. The number of aryl methyl sites for hydroxylation is 1. The molecule has 0 saturated carbocycles. The van der Waals surface area contributed by atoms with Crippen LogP contribution in [0.4, 0.5) is 11.4 Å². The minimum atomic E-state index is -0.632. The molecule has 27 heavy (non-hydrogen) atoms. The van der Waals surface area contributed by atoms with Crippen molar-refractivity contribution in [2.24, 2.45) is 0 Å². The van der Waals surface area contributed by atoms with Crippen LogP contribution in [0, 0.1) is 0 Å². The summed E-state index contributed by atoms with van der Waals surface area (Å²) in [5, 5.41) is 5.26. The summed E-state index contributed by atoms with van der Waals surface area (Å²) < 4.78 is 0. The van der Waals surface area contributed by atoms with Crippen molar-refractivity contribution in [3.8, 4) is 0 Å². The van der Waals surface area contributed by atoms with Crippen LogP contribution in [0.2, 0.25) is 0 Å². The molecule has 5 heteroatoms. The highest BCUT2D eigenvalue weighted by atomic mass is 16.2. The Balaban J connectivity index is 1.37. The van der Waals surface area contributed by atoms with Gasteiger partial charge in [-0.3, -0.25) is 9.59 Å². The molecule has 2 aromatic rings. The molecular weight excluding hydrogens is 338 g/mol. The Kier molecular flexibility index (Phi) is 6.85. The number of amides is 2. The molecule has 0 unspecified atom stereocenters. The highest BCUT2D eigenvalue weighted by molar-refractivity contribution is 6.39. The number of carbonyl (C=O) groups is 2. The van der Waals surface area contributed by atoms with Crippen LogP contribution < -0.4 is 15.5 Å². The van der Waals surface area contributed by atoms with Crippen LogP contribution in [0.1, 0.15) is 31.2 Å². The minimum Gasteiger partial charge on any atom is -0.372 e. The topological polar surface area (TPSA) is 61.4 Å². The molecule has 5 nitrogen and oxygen atoms in total. The number of hydrogen-bond acceptors (Lipinski definition) is 3. The van der Waals surface area contributed by atoms with Gasteiger partial charge < -0.3 is 15.5 Å². The minimum absolute atomic E-state index is 0.481. The molecule has 0 aromatic heterocycles. The largest absolute Gasteiger partial charge is 0.372 e. The fourth-order valence-electron chi connectivity index (χ4n) is 3.31. The molecule has 2 amide bonds. The monoisotopic (exact) mass is 365 g/mol. The molecule has 1 fully saturated rings. The van der Waals surface area contributed by atoms with E-state index in [9.17, 15) is 9.59 Å². The van der Waals surface area contributed by atoms with Gasteiger partial charge in [-0.2, -0.15) is 0 Å². The van der Waals surface area contributed by atoms with Crippen molar-refractivity contribution in [1.82, 2.24) is 5.32 Å². The molecule has 1 heterocycles. The Morgan fingerprint density at radius 2 is 1.56 bits per heavy atom. The summed E-state index contributed by atoms with van der Waals surface area (Å²) >= 11 is 0. The van der Waals surface area contributed by atoms with E-state index in [-0.39, 0.29) is 0 Å². The molecule has 3 rings (SSSR count). The molecule has 1 saturated heterocycles. The van der Waals surface area contributed by atoms with Gasteiger partial charge in [0.2, 0.25) is 0 Å². The van der Waals surface area contributed by atoms with Crippen LogP contribution in [0.15, 0.2) is 54.6 Å². The number of hydrogen-bond donors (Lipinski definition) is 2. The van der Waals surface area contributed by atoms with Crippen molar-refractivity contribution in [3.63, 3.8) is 0 Å². The molecule has 142 valence electrons. The second-order valence-electron chi connectivity index (χ2n) is 6.89. The molecule has 0 atom stereocenters. The van der Waals surface area contributed by atoms with Crippen LogP contribution in [-0.4, -0.2) is 31.4 Å². The molecule has 1 aliphatic heterocycles. The van der Waals surface area contributed by atoms with Gasteiger partial charge in [-0.15, -0.1) is 0 Å². The van der Waals surface area contributed by atoms with E-state index in [0.717, 1.165) is 25.9 Å². The number of benzene rings is 2. The average Bonchev–Trinajstić information content (AvgIpc) is 2.73. The highest BCUT2D eigenvalue weighted by Gasteiger charge is 2.13. The van der Waals surface area contributed by atoms with Gasteiger partial charge in [0.15, 0.2) is 0 Å². The molecule has 2 aromatic carbocycles. The molecule has 0 spiro atoms. The summed E-state index contributed by atoms with van der Waals surface area (Å²) in [6, 6.07) is 17.7. The van der Waals surface area contributed by atoms with E-state index >= 15 is 0 Å². The van der Waals surface area contributed by atoms with E-state index < -0.39 is 11.8 Å². The van der Waals surface area contributed by atoms with Gasteiger partial charge in [-0.25, -0.2) is 0 Å². The summed E-state index contributed by atoms with van der Waals surface area (Å²) in [6.45, 7) is 2.78. The maximum atomic E-state index is 11.8. The number of para-hydroxylation sites is 1. The molecular formula is C22H27N3O2. The molecule has 2 N–H and O–H groups in total. The molecule has 1 aliphatic rings. The Morgan fingerprint density at radius 3 is 2.26 bits per heavy atom.